The van der Waals surface area contributed by atoms with Gasteiger partial charge in [0.15, 0.2) is 0 Å². The van der Waals surface area contributed by atoms with Crippen molar-refractivity contribution in [2.75, 3.05) is 0 Å². The van der Waals surface area contributed by atoms with Crippen molar-refractivity contribution < 1.29 is 9.59 Å². The second-order valence-corrected chi connectivity index (χ2v) is 1.49. The Morgan fingerprint density at radius 1 is 1.78 bits per heavy atom. The largest absolute Gasteiger partial charge is 0.366 e. The molecule has 0 radical (unpaired) electrons. The molecule has 0 aliphatic carbocycles. The van der Waals surface area contributed by atoms with Gasteiger partial charge in [0.2, 0.25) is 5.91 Å². The Bertz CT molecular complexity index is 177. The fourth-order valence-electron chi connectivity index (χ4n) is 0.265. The predicted octanol–water partition coefficient (Wildman–Crippen LogP) is -0.194. The van der Waals surface area contributed by atoms with Crippen LogP contribution in [0.15, 0.2) is 18.2 Å². The number of primary amides is 1. The molecular formula is C6H7NO2. The van der Waals surface area contributed by atoms with Gasteiger partial charge in [0, 0.05) is 18.1 Å². The SMILES string of the molecule is C=C(CC=C=O)C(N)=O. The predicted molar refractivity (Wildman–Crippen MR) is 33.2 cm³/mol. The lowest BCUT2D eigenvalue weighted by molar-refractivity contribution is -0.114. The summed E-state index contributed by atoms with van der Waals surface area (Å²) >= 11 is 0. The standard InChI is InChI=1S/C6H7NO2/c1-5(6(7)9)3-2-4-8/h2H,1,3H2,(H2,7,9). The van der Waals surface area contributed by atoms with Gasteiger partial charge in [-0.05, 0) is 0 Å². The fraction of sp³-hybridized carbons (Fsp3) is 0.167. The van der Waals surface area contributed by atoms with E-state index in [1.807, 2.05) is 0 Å². The lowest BCUT2D eigenvalue weighted by Crippen LogP contribution is -2.12. The van der Waals surface area contributed by atoms with E-state index in [4.69, 9.17) is 5.73 Å². The van der Waals surface area contributed by atoms with Crippen LogP contribution < -0.4 is 5.73 Å². The number of hydrogen-bond donors (Lipinski definition) is 1. The molecule has 0 spiro atoms. The van der Waals surface area contributed by atoms with Crippen molar-refractivity contribution >= 4 is 11.8 Å². The molecule has 0 unspecified atom stereocenters. The van der Waals surface area contributed by atoms with Gasteiger partial charge in [-0.3, -0.25) is 4.79 Å². The normalized spacial score (nSPS) is 7.56. The summed E-state index contributed by atoms with van der Waals surface area (Å²) in [6.45, 7) is 3.31. The average molecular weight is 125 g/mol. The third-order valence-corrected chi connectivity index (χ3v) is 0.780. The van der Waals surface area contributed by atoms with E-state index in [2.05, 4.69) is 6.58 Å². The van der Waals surface area contributed by atoms with Crippen molar-refractivity contribution in [1.82, 2.24) is 0 Å². The highest BCUT2D eigenvalue weighted by molar-refractivity contribution is 5.91. The zero-order valence-corrected chi connectivity index (χ0v) is 4.89. The first-order chi connectivity index (χ1) is 4.18. The summed E-state index contributed by atoms with van der Waals surface area (Å²) in [5.41, 5.74) is 5.01. The number of rotatable bonds is 3. The number of carbonyl (C=O) groups excluding carboxylic acids is 2. The van der Waals surface area contributed by atoms with E-state index >= 15 is 0 Å². The monoisotopic (exact) mass is 125 g/mol. The van der Waals surface area contributed by atoms with Crippen LogP contribution in [0.2, 0.25) is 0 Å². The van der Waals surface area contributed by atoms with E-state index in [9.17, 15) is 9.59 Å². The van der Waals surface area contributed by atoms with Gasteiger partial charge < -0.3 is 5.73 Å². The van der Waals surface area contributed by atoms with Gasteiger partial charge in [-0.1, -0.05) is 6.58 Å². The maximum Gasteiger partial charge on any atom is 0.244 e. The second-order valence-electron chi connectivity index (χ2n) is 1.49. The smallest absolute Gasteiger partial charge is 0.244 e. The van der Waals surface area contributed by atoms with Crippen molar-refractivity contribution in [3.8, 4) is 0 Å². The van der Waals surface area contributed by atoms with Crippen LogP contribution in [0.5, 0.6) is 0 Å². The van der Waals surface area contributed by atoms with Gasteiger partial charge in [-0.15, -0.1) is 0 Å². The summed E-state index contributed by atoms with van der Waals surface area (Å²) in [5, 5.41) is 0. The highest BCUT2D eigenvalue weighted by atomic mass is 16.1. The molecule has 3 heteroatoms. The molecule has 1 amide bonds. The summed E-state index contributed by atoms with van der Waals surface area (Å²) in [5.74, 6) is 0.928. The number of carbonyl (C=O) groups is 1. The highest BCUT2D eigenvalue weighted by Gasteiger charge is 1.96. The van der Waals surface area contributed by atoms with Crippen LogP contribution in [0.25, 0.3) is 0 Å². The van der Waals surface area contributed by atoms with E-state index in [-0.39, 0.29) is 12.0 Å². The van der Waals surface area contributed by atoms with Crippen LogP contribution in [-0.2, 0) is 9.59 Å². The lowest BCUT2D eigenvalue weighted by atomic mass is 10.2. The van der Waals surface area contributed by atoms with E-state index in [1.165, 1.54) is 5.94 Å². The van der Waals surface area contributed by atoms with Crippen LogP contribution >= 0.6 is 0 Å². The Morgan fingerprint density at radius 3 is 2.67 bits per heavy atom. The van der Waals surface area contributed by atoms with Crippen LogP contribution in [-0.4, -0.2) is 11.8 Å². The topological polar surface area (TPSA) is 60.2 Å². The van der Waals surface area contributed by atoms with Crippen LogP contribution in [0.1, 0.15) is 6.42 Å². The third-order valence-electron chi connectivity index (χ3n) is 0.780. The Balaban J connectivity index is 3.78. The van der Waals surface area contributed by atoms with Crippen molar-refractivity contribution in [2.45, 2.75) is 6.42 Å². The molecule has 0 saturated carbocycles. The van der Waals surface area contributed by atoms with Gasteiger partial charge in [-0.25, -0.2) is 4.79 Å². The molecule has 0 aromatic heterocycles. The molecule has 0 fully saturated rings. The van der Waals surface area contributed by atoms with Crippen LogP contribution in [0.3, 0.4) is 0 Å². The Morgan fingerprint density at radius 2 is 2.33 bits per heavy atom. The first kappa shape index (κ1) is 7.66. The molecule has 0 aromatic carbocycles. The molecule has 0 rings (SSSR count). The minimum absolute atomic E-state index is 0.193. The summed E-state index contributed by atoms with van der Waals surface area (Å²) in [7, 11) is 0. The molecule has 0 saturated heterocycles. The first-order valence-corrected chi connectivity index (χ1v) is 2.35. The summed E-state index contributed by atoms with van der Waals surface area (Å²) < 4.78 is 0. The molecule has 9 heavy (non-hydrogen) atoms. The zero-order valence-electron chi connectivity index (χ0n) is 4.89. The van der Waals surface area contributed by atoms with Gasteiger partial charge in [0.1, 0.15) is 5.94 Å². The van der Waals surface area contributed by atoms with Crippen LogP contribution in [0, 0.1) is 0 Å². The minimum Gasteiger partial charge on any atom is -0.366 e. The van der Waals surface area contributed by atoms with E-state index < -0.39 is 5.91 Å². The Hall–Kier alpha value is -1.34. The molecule has 0 aliphatic rings. The maximum atomic E-state index is 10.2. The minimum atomic E-state index is -0.582. The molecule has 3 nitrogen and oxygen atoms in total. The number of amides is 1. The van der Waals surface area contributed by atoms with Crippen molar-refractivity contribution in [1.29, 1.82) is 0 Å². The second kappa shape index (κ2) is 3.64. The van der Waals surface area contributed by atoms with Crippen LogP contribution in [0.4, 0.5) is 0 Å². The highest BCUT2D eigenvalue weighted by Crippen LogP contribution is 1.94. The summed E-state index contributed by atoms with van der Waals surface area (Å²) in [4.78, 5) is 19.7. The average Bonchev–Trinajstić information content (AvgIpc) is 1.82. The van der Waals surface area contributed by atoms with E-state index in [0.29, 0.717) is 0 Å². The summed E-state index contributed by atoms with van der Waals surface area (Å²) in [6.07, 6.45) is 1.35. The number of nitrogens with two attached hydrogens (primary N) is 1. The third kappa shape index (κ3) is 3.26. The maximum absolute atomic E-state index is 10.2. The van der Waals surface area contributed by atoms with Gasteiger partial charge in [0.05, 0.1) is 0 Å². The zero-order chi connectivity index (χ0) is 7.28. The van der Waals surface area contributed by atoms with Gasteiger partial charge in [0.25, 0.3) is 0 Å². The quantitative estimate of drug-likeness (QED) is 0.419. The molecule has 0 aromatic rings. The van der Waals surface area contributed by atoms with Crippen molar-refractivity contribution in [2.24, 2.45) is 5.73 Å². The first-order valence-electron chi connectivity index (χ1n) is 2.35. The molecule has 0 heterocycles. The molecule has 0 aliphatic heterocycles. The van der Waals surface area contributed by atoms with E-state index in [1.54, 1.807) is 0 Å². The fourth-order valence-corrected chi connectivity index (χ4v) is 0.265. The van der Waals surface area contributed by atoms with Gasteiger partial charge >= 0.3 is 0 Å². The molecule has 48 valence electrons. The molecule has 2 N–H and O–H groups in total. The summed E-state index contributed by atoms with van der Waals surface area (Å²) in [6, 6.07) is 0. The van der Waals surface area contributed by atoms with Gasteiger partial charge in [-0.2, -0.15) is 0 Å². The van der Waals surface area contributed by atoms with Crippen molar-refractivity contribution in [3.63, 3.8) is 0 Å². The van der Waals surface area contributed by atoms with E-state index in [0.717, 1.165) is 6.08 Å². The van der Waals surface area contributed by atoms with Crippen molar-refractivity contribution in [3.05, 3.63) is 18.2 Å². The number of allylic oxidation sites excluding steroid dienone is 1. The number of hydrogen-bond acceptors (Lipinski definition) is 2. The molecule has 0 bridgehead atoms. The molecular weight excluding hydrogens is 118 g/mol. The lowest BCUT2D eigenvalue weighted by Gasteiger charge is -1.89. The Labute approximate surface area is 52.8 Å². The Kier molecular flexibility index (Phi) is 3.09. The molecule has 0 atom stereocenters.